The van der Waals surface area contributed by atoms with Crippen molar-refractivity contribution in [1.82, 2.24) is 9.55 Å². The minimum absolute atomic E-state index is 0.0884. The van der Waals surface area contributed by atoms with Gasteiger partial charge in [-0.3, -0.25) is 9.36 Å². The Morgan fingerprint density at radius 1 is 1.73 bits per heavy atom. The van der Waals surface area contributed by atoms with E-state index >= 15 is 0 Å². The predicted molar refractivity (Wildman–Crippen MR) is 52.3 cm³/mol. The van der Waals surface area contributed by atoms with Crippen molar-refractivity contribution in [3.05, 3.63) is 22.2 Å². The molecule has 1 aromatic heterocycles. The van der Waals surface area contributed by atoms with E-state index in [0.717, 1.165) is 5.69 Å². The van der Waals surface area contributed by atoms with E-state index in [2.05, 4.69) is 9.72 Å². The van der Waals surface area contributed by atoms with E-state index < -0.39 is 17.6 Å². The average Bonchev–Trinajstić information content (AvgIpc) is 2.67. The topological polar surface area (TPSA) is 87.2 Å². The first-order chi connectivity index (χ1) is 7.15. The predicted octanol–water partition coefficient (Wildman–Crippen LogP) is -0.514. The molecular weight excluding hydrogens is 198 g/mol. The molecule has 2 rings (SSSR count). The summed E-state index contributed by atoms with van der Waals surface area (Å²) in [6.45, 7) is 0. The van der Waals surface area contributed by atoms with Gasteiger partial charge in [0.25, 0.3) is 5.56 Å². The number of aromatic nitrogens is 2. The Morgan fingerprint density at radius 2 is 2.47 bits per heavy atom. The standard InChI is InChI=1S/C9H11N3O3/c1-15-9(14)6-3-2-5-4-11-7(10)8(13)12(5)6/h4,6H,2-3H2,1H3,(H2,10,11)/t6-/m0/s1. The molecule has 0 bridgehead atoms. The molecule has 2 N–H and O–H groups in total. The molecule has 2 heterocycles. The molecule has 0 aromatic carbocycles. The van der Waals surface area contributed by atoms with Crippen LogP contribution in [0.5, 0.6) is 0 Å². The van der Waals surface area contributed by atoms with Crippen molar-refractivity contribution < 1.29 is 9.53 Å². The number of nitrogen functional groups attached to an aromatic ring is 1. The van der Waals surface area contributed by atoms with Crippen molar-refractivity contribution in [1.29, 1.82) is 0 Å². The Bertz CT molecular complexity index is 466. The fourth-order valence-electron chi connectivity index (χ4n) is 1.82. The Kier molecular flexibility index (Phi) is 2.18. The molecule has 1 aromatic rings. The highest BCUT2D eigenvalue weighted by molar-refractivity contribution is 5.74. The summed E-state index contributed by atoms with van der Waals surface area (Å²) in [6.07, 6.45) is 2.73. The molecule has 1 aliphatic rings. The molecular formula is C9H11N3O3. The number of nitrogens with zero attached hydrogens (tertiary/aromatic N) is 2. The zero-order valence-corrected chi connectivity index (χ0v) is 8.27. The second-order valence-electron chi connectivity index (χ2n) is 3.39. The van der Waals surface area contributed by atoms with Gasteiger partial charge < -0.3 is 10.5 Å². The number of carbonyl (C=O) groups is 1. The third-order valence-electron chi connectivity index (χ3n) is 2.56. The number of hydrogen-bond donors (Lipinski definition) is 1. The van der Waals surface area contributed by atoms with Gasteiger partial charge in [-0.1, -0.05) is 0 Å². The van der Waals surface area contributed by atoms with Crippen LogP contribution in [0.15, 0.2) is 11.0 Å². The quantitative estimate of drug-likeness (QED) is 0.629. The molecule has 0 aliphatic carbocycles. The maximum atomic E-state index is 11.7. The lowest BCUT2D eigenvalue weighted by Gasteiger charge is -2.11. The molecule has 15 heavy (non-hydrogen) atoms. The average molecular weight is 209 g/mol. The van der Waals surface area contributed by atoms with Gasteiger partial charge in [0.05, 0.1) is 7.11 Å². The molecule has 1 atom stereocenters. The van der Waals surface area contributed by atoms with Crippen LogP contribution in [0.4, 0.5) is 5.82 Å². The maximum Gasteiger partial charge on any atom is 0.328 e. The summed E-state index contributed by atoms with van der Waals surface area (Å²) >= 11 is 0. The number of esters is 1. The van der Waals surface area contributed by atoms with Crippen LogP contribution in [-0.4, -0.2) is 22.6 Å². The summed E-state index contributed by atoms with van der Waals surface area (Å²) in [5, 5.41) is 0. The van der Waals surface area contributed by atoms with Gasteiger partial charge in [0.2, 0.25) is 0 Å². The molecule has 0 amide bonds. The monoisotopic (exact) mass is 209 g/mol. The van der Waals surface area contributed by atoms with E-state index in [1.54, 1.807) is 0 Å². The molecule has 0 unspecified atom stereocenters. The number of aryl methyl sites for hydroxylation is 1. The van der Waals surface area contributed by atoms with E-state index in [1.807, 2.05) is 0 Å². The van der Waals surface area contributed by atoms with E-state index in [4.69, 9.17) is 5.73 Å². The first-order valence-corrected chi connectivity index (χ1v) is 4.59. The molecule has 6 heteroatoms. The maximum absolute atomic E-state index is 11.7. The summed E-state index contributed by atoms with van der Waals surface area (Å²) in [5.41, 5.74) is 5.71. The normalized spacial score (nSPS) is 18.6. The Hall–Kier alpha value is -1.85. The minimum Gasteiger partial charge on any atom is -0.467 e. The third kappa shape index (κ3) is 1.38. The van der Waals surface area contributed by atoms with E-state index in [1.165, 1.54) is 17.9 Å². The van der Waals surface area contributed by atoms with Gasteiger partial charge in [0.15, 0.2) is 5.82 Å². The SMILES string of the molecule is COC(=O)[C@@H]1CCc2cnc(N)c(=O)n21. The van der Waals surface area contributed by atoms with E-state index in [-0.39, 0.29) is 5.82 Å². The number of nitrogens with two attached hydrogens (primary N) is 1. The highest BCUT2D eigenvalue weighted by atomic mass is 16.5. The van der Waals surface area contributed by atoms with Gasteiger partial charge in [-0.2, -0.15) is 0 Å². The van der Waals surface area contributed by atoms with Gasteiger partial charge in [0, 0.05) is 11.9 Å². The van der Waals surface area contributed by atoms with Crippen molar-refractivity contribution in [3.63, 3.8) is 0 Å². The fourth-order valence-corrected chi connectivity index (χ4v) is 1.82. The Balaban J connectivity index is 2.54. The van der Waals surface area contributed by atoms with Crippen molar-refractivity contribution in [2.24, 2.45) is 0 Å². The van der Waals surface area contributed by atoms with Gasteiger partial charge in [-0.05, 0) is 12.8 Å². The van der Waals surface area contributed by atoms with Gasteiger partial charge >= 0.3 is 5.97 Å². The number of ether oxygens (including phenoxy) is 1. The second kappa shape index (κ2) is 3.38. The molecule has 0 fully saturated rings. The van der Waals surface area contributed by atoms with Crippen molar-refractivity contribution in [2.45, 2.75) is 18.9 Å². The number of fused-ring (bicyclic) bond motifs is 1. The third-order valence-corrected chi connectivity index (χ3v) is 2.56. The summed E-state index contributed by atoms with van der Waals surface area (Å²) in [6, 6.07) is -0.553. The number of anilines is 1. The van der Waals surface area contributed by atoms with Crippen LogP contribution >= 0.6 is 0 Å². The van der Waals surface area contributed by atoms with Crippen LogP contribution in [0, 0.1) is 0 Å². The number of hydrogen-bond acceptors (Lipinski definition) is 5. The molecule has 0 radical (unpaired) electrons. The van der Waals surface area contributed by atoms with Crippen LogP contribution in [0.2, 0.25) is 0 Å². The van der Waals surface area contributed by atoms with Gasteiger partial charge in [-0.25, -0.2) is 9.78 Å². The van der Waals surface area contributed by atoms with Crippen molar-refractivity contribution in [2.75, 3.05) is 12.8 Å². The number of methoxy groups -OCH3 is 1. The van der Waals surface area contributed by atoms with Crippen LogP contribution in [0.25, 0.3) is 0 Å². The van der Waals surface area contributed by atoms with Gasteiger partial charge in [-0.15, -0.1) is 0 Å². The lowest BCUT2D eigenvalue weighted by molar-refractivity contribution is -0.144. The van der Waals surface area contributed by atoms with Crippen LogP contribution in [0.3, 0.4) is 0 Å². The zero-order valence-electron chi connectivity index (χ0n) is 8.27. The van der Waals surface area contributed by atoms with E-state index in [0.29, 0.717) is 12.8 Å². The molecule has 80 valence electrons. The van der Waals surface area contributed by atoms with Crippen molar-refractivity contribution in [3.8, 4) is 0 Å². The largest absolute Gasteiger partial charge is 0.467 e. The molecule has 0 saturated carbocycles. The Morgan fingerprint density at radius 3 is 3.13 bits per heavy atom. The minimum atomic E-state index is -0.553. The van der Waals surface area contributed by atoms with E-state index in [9.17, 15) is 9.59 Å². The first-order valence-electron chi connectivity index (χ1n) is 4.59. The lowest BCUT2D eigenvalue weighted by Crippen LogP contribution is -2.30. The lowest BCUT2D eigenvalue weighted by atomic mass is 10.2. The summed E-state index contributed by atoms with van der Waals surface area (Å²) in [4.78, 5) is 26.8. The van der Waals surface area contributed by atoms with Gasteiger partial charge in [0.1, 0.15) is 6.04 Å². The second-order valence-corrected chi connectivity index (χ2v) is 3.39. The smallest absolute Gasteiger partial charge is 0.328 e. The van der Waals surface area contributed by atoms with Crippen LogP contribution in [-0.2, 0) is 16.0 Å². The highest BCUT2D eigenvalue weighted by Gasteiger charge is 2.30. The number of rotatable bonds is 1. The zero-order chi connectivity index (χ0) is 11.0. The highest BCUT2D eigenvalue weighted by Crippen LogP contribution is 2.24. The molecule has 1 aliphatic heterocycles. The number of carbonyl (C=O) groups excluding carboxylic acids is 1. The van der Waals surface area contributed by atoms with Crippen molar-refractivity contribution >= 4 is 11.8 Å². The molecule has 0 spiro atoms. The summed E-state index contributed by atoms with van der Waals surface area (Å²) in [5.74, 6) is -0.504. The Labute approximate surface area is 85.7 Å². The van der Waals surface area contributed by atoms with Crippen LogP contribution < -0.4 is 11.3 Å². The first kappa shape index (κ1) is 9.70. The van der Waals surface area contributed by atoms with Crippen LogP contribution in [0.1, 0.15) is 18.2 Å². The molecule has 6 nitrogen and oxygen atoms in total. The summed E-state index contributed by atoms with van der Waals surface area (Å²) < 4.78 is 6.00. The fraction of sp³-hybridized carbons (Fsp3) is 0.444. The summed E-state index contributed by atoms with van der Waals surface area (Å²) in [7, 11) is 1.30. The molecule has 0 saturated heterocycles.